The molecule has 0 spiro atoms. The van der Waals surface area contributed by atoms with Crippen LogP contribution in [0.15, 0.2) is 54.6 Å². The van der Waals surface area contributed by atoms with Crippen LogP contribution < -0.4 is 10.6 Å². The Bertz CT molecular complexity index is 763. The number of amides is 1. The van der Waals surface area contributed by atoms with Crippen molar-refractivity contribution in [3.05, 3.63) is 60.2 Å². The van der Waals surface area contributed by atoms with Crippen LogP contribution in [0.4, 0.5) is 16.2 Å². The maximum atomic E-state index is 12.3. The molecule has 2 heterocycles. The molecular formula is C22H27N3O2. The number of anilines is 2. The fourth-order valence-electron chi connectivity index (χ4n) is 4.23. The van der Waals surface area contributed by atoms with E-state index in [1.54, 1.807) is 0 Å². The van der Waals surface area contributed by atoms with E-state index < -0.39 is 0 Å². The molecule has 2 unspecified atom stereocenters. The molecule has 0 aromatic heterocycles. The first kappa shape index (κ1) is 17.9. The van der Waals surface area contributed by atoms with Gasteiger partial charge in [-0.1, -0.05) is 36.8 Å². The fraction of sp³-hybridized carbons (Fsp3) is 0.409. The average molecular weight is 365 g/mol. The lowest BCUT2D eigenvalue weighted by Gasteiger charge is -2.38. The molecule has 0 bridgehead atoms. The lowest BCUT2D eigenvalue weighted by atomic mass is 9.95. The average Bonchev–Trinajstić information content (AvgIpc) is 3.06. The minimum absolute atomic E-state index is 0.0620. The molecule has 4 rings (SSSR count). The number of carbonyl (C=O) groups is 1. The third kappa shape index (κ3) is 4.08. The van der Waals surface area contributed by atoms with E-state index in [0.717, 1.165) is 30.9 Å². The highest BCUT2D eigenvalue weighted by molar-refractivity contribution is 5.90. The third-order valence-corrected chi connectivity index (χ3v) is 5.64. The molecule has 2 atom stereocenters. The van der Waals surface area contributed by atoms with Crippen LogP contribution in [0.3, 0.4) is 0 Å². The highest BCUT2D eigenvalue weighted by Crippen LogP contribution is 2.27. The Labute approximate surface area is 160 Å². The van der Waals surface area contributed by atoms with Gasteiger partial charge in [0.05, 0.1) is 6.04 Å². The summed E-state index contributed by atoms with van der Waals surface area (Å²) >= 11 is 0. The van der Waals surface area contributed by atoms with Crippen LogP contribution in [0.2, 0.25) is 0 Å². The van der Waals surface area contributed by atoms with Crippen molar-refractivity contribution < 1.29 is 9.53 Å². The summed E-state index contributed by atoms with van der Waals surface area (Å²) in [7, 11) is 0. The zero-order chi connectivity index (χ0) is 18.6. The number of hydrogen-bond donors (Lipinski definition) is 1. The van der Waals surface area contributed by atoms with E-state index in [4.69, 9.17) is 10.5 Å². The van der Waals surface area contributed by atoms with E-state index in [1.165, 1.54) is 24.8 Å². The Balaban J connectivity index is 1.47. The molecule has 5 heteroatoms. The van der Waals surface area contributed by atoms with Crippen molar-refractivity contribution in [1.29, 1.82) is 0 Å². The summed E-state index contributed by atoms with van der Waals surface area (Å²) in [5.74, 6) is 0. The summed E-state index contributed by atoms with van der Waals surface area (Å²) in [6.07, 6.45) is 4.45. The van der Waals surface area contributed by atoms with Gasteiger partial charge >= 0.3 is 6.09 Å². The minimum atomic E-state index is -0.238. The number of benzene rings is 2. The van der Waals surface area contributed by atoms with Gasteiger partial charge in [-0.15, -0.1) is 0 Å². The van der Waals surface area contributed by atoms with Gasteiger partial charge < -0.3 is 10.5 Å². The third-order valence-electron chi connectivity index (χ3n) is 5.64. The summed E-state index contributed by atoms with van der Waals surface area (Å²) in [6, 6.07) is 18.6. The summed E-state index contributed by atoms with van der Waals surface area (Å²) < 4.78 is 5.39. The number of ether oxygens (including phenoxy) is 1. The molecule has 142 valence electrons. The second-order valence-corrected chi connectivity index (χ2v) is 7.53. The number of piperidine rings is 1. The molecule has 2 aliphatic rings. The molecule has 0 saturated carbocycles. The summed E-state index contributed by atoms with van der Waals surface area (Å²) in [5, 5.41) is 0. The van der Waals surface area contributed by atoms with E-state index in [1.807, 2.05) is 47.4 Å². The number of cyclic esters (lactones) is 1. The Hall–Kier alpha value is -2.53. The summed E-state index contributed by atoms with van der Waals surface area (Å²) in [4.78, 5) is 16.7. The maximum absolute atomic E-state index is 12.3. The van der Waals surface area contributed by atoms with Crippen molar-refractivity contribution in [3.63, 3.8) is 0 Å². The lowest BCUT2D eigenvalue weighted by molar-refractivity contribution is 0.132. The number of para-hydroxylation sites is 1. The molecule has 5 nitrogen and oxygen atoms in total. The molecule has 0 aliphatic carbocycles. The smallest absolute Gasteiger partial charge is 0.414 e. The topological polar surface area (TPSA) is 58.8 Å². The molecule has 1 amide bonds. The fourth-order valence-corrected chi connectivity index (χ4v) is 4.23. The molecule has 2 saturated heterocycles. The van der Waals surface area contributed by atoms with Gasteiger partial charge in [0.25, 0.3) is 0 Å². The number of nitrogens with zero attached hydrogens (tertiary/aromatic N) is 2. The Kier molecular flexibility index (Phi) is 5.30. The van der Waals surface area contributed by atoms with Crippen LogP contribution in [0.5, 0.6) is 0 Å². The van der Waals surface area contributed by atoms with Crippen molar-refractivity contribution in [2.24, 2.45) is 0 Å². The largest absolute Gasteiger partial charge is 0.447 e. The standard InChI is InChI=1S/C22H27N3O2/c23-18-11-9-17(10-12-18)14-20-8-4-5-13-24(20)15-21-16-27-22(26)25(21)19-6-2-1-3-7-19/h1-3,6-7,9-12,20-21H,4-5,8,13-16,23H2. The van der Waals surface area contributed by atoms with E-state index in [2.05, 4.69) is 17.0 Å². The van der Waals surface area contributed by atoms with Crippen molar-refractivity contribution in [2.75, 3.05) is 30.3 Å². The molecule has 2 N–H and O–H groups in total. The first-order chi connectivity index (χ1) is 13.2. The SMILES string of the molecule is Nc1ccc(CC2CCCCN2CC2COC(=O)N2c2ccccc2)cc1. The Morgan fingerprint density at radius 1 is 1.00 bits per heavy atom. The van der Waals surface area contributed by atoms with E-state index >= 15 is 0 Å². The van der Waals surface area contributed by atoms with Crippen LogP contribution in [0.25, 0.3) is 0 Å². The van der Waals surface area contributed by atoms with Gasteiger partial charge in [-0.2, -0.15) is 0 Å². The zero-order valence-electron chi connectivity index (χ0n) is 15.6. The van der Waals surface area contributed by atoms with Gasteiger partial charge in [-0.25, -0.2) is 4.79 Å². The van der Waals surface area contributed by atoms with Crippen molar-refractivity contribution in [1.82, 2.24) is 4.90 Å². The van der Waals surface area contributed by atoms with Crippen molar-refractivity contribution in [2.45, 2.75) is 37.8 Å². The molecule has 2 aromatic carbocycles. The minimum Gasteiger partial charge on any atom is -0.447 e. The van der Waals surface area contributed by atoms with Crippen LogP contribution in [0, 0.1) is 0 Å². The quantitative estimate of drug-likeness (QED) is 0.821. The van der Waals surface area contributed by atoms with Gasteiger partial charge in [0, 0.05) is 24.0 Å². The molecule has 27 heavy (non-hydrogen) atoms. The van der Waals surface area contributed by atoms with Crippen LogP contribution in [-0.4, -0.2) is 42.8 Å². The van der Waals surface area contributed by atoms with Crippen LogP contribution >= 0.6 is 0 Å². The Morgan fingerprint density at radius 2 is 1.78 bits per heavy atom. The van der Waals surface area contributed by atoms with Crippen molar-refractivity contribution >= 4 is 17.5 Å². The first-order valence-electron chi connectivity index (χ1n) is 9.80. The second-order valence-electron chi connectivity index (χ2n) is 7.53. The van der Waals surface area contributed by atoms with Gasteiger partial charge in [0.2, 0.25) is 0 Å². The highest BCUT2D eigenvalue weighted by atomic mass is 16.6. The molecule has 0 radical (unpaired) electrons. The normalized spacial score (nSPS) is 23.4. The molecular weight excluding hydrogens is 338 g/mol. The van der Waals surface area contributed by atoms with E-state index in [0.29, 0.717) is 12.6 Å². The summed E-state index contributed by atoms with van der Waals surface area (Å²) in [6.45, 7) is 2.38. The predicted molar refractivity (Wildman–Crippen MR) is 108 cm³/mol. The first-order valence-corrected chi connectivity index (χ1v) is 9.80. The number of nitrogen functional groups attached to an aromatic ring is 1. The molecule has 2 aromatic rings. The summed E-state index contributed by atoms with van der Waals surface area (Å²) in [5.41, 5.74) is 8.86. The lowest BCUT2D eigenvalue weighted by Crippen LogP contribution is -2.49. The van der Waals surface area contributed by atoms with Crippen molar-refractivity contribution in [3.8, 4) is 0 Å². The van der Waals surface area contributed by atoms with Gasteiger partial charge in [0.15, 0.2) is 0 Å². The number of carbonyl (C=O) groups excluding carboxylic acids is 1. The monoisotopic (exact) mass is 365 g/mol. The molecule has 2 fully saturated rings. The number of likely N-dealkylation sites (tertiary alicyclic amines) is 1. The number of rotatable bonds is 5. The zero-order valence-corrected chi connectivity index (χ0v) is 15.6. The van der Waals surface area contributed by atoms with Crippen LogP contribution in [0.1, 0.15) is 24.8 Å². The van der Waals surface area contributed by atoms with E-state index in [9.17, 15) is 4.79 Å². The Morgan fingerprint density at radius 3 is 2.56 bits per heavy atom. The van der Waals surface area contributed by atoms with E-state index in [-0.39, 0.29) is 12.1 Å². The predicted octanol–water partition coefficient (Wildman–Crippen LogP) is 3.69. The van der Waals surface area contributed by atoms with Gasteiger partial charge in [-0.3, -0.25) is 9.80 Å². The van der Waals surface area contributed by atoms with Gasteiger partial charge in [0.1, 0.15) is 6.61 Å². The number of hydrogen-bond acceptors (Lipinski definition) is 4. The highest BCUT2D eigenvalue weighted by Gasteiger charge is 2.37. The maximum Gasteiger partial charge on any atom is 0.414 e. The second kappa shape index (κ2) is 8.01. The number of nitrogens with two attached hydrogens (primary N) is 1. The van der Waals surface area contributed by atoms with Crippen LogP contribution in [-0.2, 0) is 11.2 Å². The van der Waals surface area contributed by atoms with Gasteiger partial charge in [-0.05, 0) is 55.6 Å². The molecule has 2 aliphatic heterocycles.